The summed E-state index contributed by atoms with van der Waals surface area (Å²) in [6, 6.07) is -0.425. The van der Waals surface area contributed by atoms with Crippen LogP contribution in [-0.2, 0) is 14.4 Å². The lowest BCUT2D eigenvalue weighted by Gasteiger charge is -2.13. The van der Waals surface area contributed by atoms with Crippen molar-refractivity contribution in [1.82, 2.24) is 10.8 Å². The van der Waals surface area contributed by atoms with Crippen LogP contribution < -0.4 is 10.8 Å². The molecule has 0 aliphatic carbocycles. The van der Waals surface area contributed by atoms with E-state index in [4.69, 9.17) is 4.84 Å². The first kappa shape index (κ1) is 10.7. The second-order valence-electron chi connectivity index (χ2n) is 3.35. The van der Waals surface area contributed by atoms with Gasteiger partial charge >= 0.3 is 0 Å². The van der Waals surface area contributed by atoms with Crippen LogP contribution >= 0.6 is 0 Å². The molecule has 0 bridgehead atoms. The van der Waals surface area contributed by atoms with Gasteiger partial charge in [0.1, 0.15) is 12.1 Å². The molecule has 1 aliphatic rings. The van der Waals surface area contributed by atoms with E-state index in [0.717, 1.165) is 0 Å². The number of rotatable bonds is 3. The Balaban J connectivity index is 2.59. The van der Waals surface area contributed by atoms with Crippen LogP contribution in [0.25, 0.3) is 0 Å². The van der Waals surface area contributed by atoms with Gasteiger partial charge in [0.25, 0.3) is 5.91 Å². The van der Waals surface area contributed by atoms with E-state index in [1.165, 1.54) is 13.0 Å². The van der Waals surface area contributed by atoms with Crippen molar-refractivity contribution in [2.45, 2.75) is 32.9 Å². The fourth-order valence-electron chi connectivity index (χ4n) is 1.27. The molecular weight excluding hydrogens is 184 g/mol. The maximum Gasteiger partial charge on any atom is 0.268 e. The highest BCUT2D eigenvalue weighted by molar-refractivity contribution is 5.88. The summed E-state index contributed by atoms with van der Waals surface area (Å²) in [6.45, 7) is 4.97. The molecule has 0 saturated carbocycles. The number of ketones is 1. The van der Waals surface area contributed by atoms with E-state index in [1.54, 1.807) is 13.8 Å². The van der Waals surface area contributed by atoms with Gasteiger partial charge in [-0.3, -0.25) is 14.4 Å². The van der Waals surface area contributed by atoms with Crippen LogP contribution in [0.15, 0.2) is 11.8 Å². The third kappa shape index (κ3) is 2.56. The van der Waals surface area contributed by atoms with Gasteiger partial charge in [-0.2, -0.15) is 0 Å². The summed E-state index contributed by atoms with van der Waals surface area (Å²) < 4.78 is 0. The molecule has 2 N–H and O–H groups in total. The number of carbonyl (C=O) groups is 2. The largest absolute Gasteiger partial charge is 0.375 e. The lowest BCUT2D eigenvalue weighted by molar-refractivity contribution is -0.125. The van der Waals surface area contributed by atoms with Crippen molar-refractivity contribution in [3.63, 3.8) is 0 Å². The van der Waals surface area contributed by atoms with Crippen molar-refractivity contribution in [2.24, 2.45) is 0 Å². The molecule has 1 aliphatic heterocycles. The zero-order valence-electron chi connectivity index (χ0n) is 8.46. The van der Waals surface area contributed by atoms with Crippen molar-refractivity contribution in [1.29, 1.82) is 0 Å². The Labute approximate surface area is 82.5 Å². The Kier molecular flexibility index (Phi) is 3.24. The van der Waals surface area contributed by atoms with Gasteiger partial charge in [0.2, 0.25) is 0 Å². The third-order valence-corrected chi connectivity index (χ3v) is 1.90. The maximum atomic E-state index is 11.2. The number of hydroxylamine groups is 1. The van der Waals surface area contributed by atoms with E-state index in [1.807, 2.05) is 0 Å². The second kappa shape index (κ2) is 4.23. The van der Waals surface area contributed by atoms with Gasteiger partial charge in [-0.05, 0) is 26.8 Å². The molecule has 0 aromatic carbocycles. The predicted octanol–water partition coefficient (Wildman–Crippen LogP) is -0.113. The summed E-state index contributed by atoms with van der Waals surface area (Å²) in [6.07, 6.45) is 1.20. The molecule has 78 valence electrons. The van der Waals surface area contributed by atoms with Gasteiger partial charge in [0.05, 0.1) is 0 Å². The van der Waals surface area contributed by atoms with Gasteiger partial charge in [-0.15, -0.1) is 0 Å². The summed E-state index contributed by atoms with van der Waals surface area (Å²) in [4.78, 5) is 26.8. The number of hydrogen-bond donors (Lipinski definition) is 2. The van der Waals surface area contributed by atoms with Crippen LogP contribution in [0.3, 0.4) is 0 Å². The first-order chi connectivity index (χ1) is 6.50. The fraction of sp³-hybridized carbons (Fsp3) is 0.556. The summed E-state index contributed by atoms with van der Waals surface area (Å²) in [5.41, 5.74) is 2.93. The molecule has 0 aromatic rings. The third-order valence-electron chi connectivity index (χ3n) is 1.90. The molecule has 0 aromatic heterocycles. The number of carbonyl (C=O) groups excluding carboxylic acids is 2. The molecular formula is C9H14N2O3. The van der Waals surface area contributed by atoms with E-state index in [-0.39, 0.29) is 17.8 Å². The monoisotopic (exact) mass is 198 g/mol. The highest BCUT2D eigenvalue weighted by Crippen LogP contribution is 2.07. The summed E-state index contributed by atoms with van der Waals surface area (Å²) >= 11 is 0. The van der Waals surface area contributed by atoms with E-state index in [2.05, 4.69) is 10.8 Å². The highest BCUT2D eigenvalue weighted by atomic mass is 16.7. The molecule has 14 heavy (non-hydrogen) atoms. The molecule has 1 fully saturated rings. The lowest BCUT2D eigenvalue weighted by Crippen LogP contribution is -2.40. The number of nitrogens with one attached hydrogen (secondary N) is 2. The van der Waals surface area contributed by atoms with Crippen LogP contribution in [-0.4, -0.2) is 23.8 Å². The average molecular weight is 198 g/mol. The molecule has 1 saturated heterocycles. The Morgan fingerprint density at radius 1 is 1.57 bits per heavy atom. The highest BCUT2D eigenvalue weighted by Gasteiger charge is 2.32. The SMILES string of the molecule is CC(=O)C=C(C)NC1C(=O)NOC1C. The summed E-state index contributed by atoms with van der Waals surface area (Å²) in [7, 11) is 0. The maximum absolute atomic E-state index is 11.2. The smallest absolute Gasteiger partial charge is 0.268 e. The molecule has 0 spiro atoms. The minimum atomic E-state index is -0.425. The van der Waals surface area contributed by atoms with Gasteiger partial charge in [0.15, 0.2) is 5.78 Å². The van der Waals surface area contributed by atoms with Crippen LogP contribution in [0.5, 0.6) is 0 Å². The molecule has 1 amide bonds. The number of hydrogen-bond acceptors (Lipinski definition) is 4. The molecule has 5 nitrogen and oxygen atoms in total. The van der Waals surface area contributed by atoms with E-state index in [0.29, 0.717) is 5.70 Å². The normalized spacial score (nSPS) is 27.4. The Bertz CT molecular complexity index is 286. The van der Waals surface area contributed by atoms with Crippen molar-refractivity contribution in [3.8, 4) is 0 Å². The Hall–Kier alpha value is -1.36. The van der Waals surface area contributed by atoms with E-state index in [9.17, 15) is 9.59 Å². The minimum Gasteiger partial charge on any atom is -0.375 e. The molecule has 2 unspecified atom stereocenters. The number of allylic oxidation sites excluding steroid dienone is 2. The molecule has 0 radical (unpaired) electrons. The Morgan fingerprint density at radius 2 is 2.21 bits per heavy atom. The van der Waals surface area contributed by atoms with Crippen LogP contribution in [0.1, 0.15) is 20.8 Å². The lowest BCUT2D eigenvalue weighted by atomic mass is 10.2. The minimum absolute atomic E-state index is 0.0537. The first-order valence-corrected chi connectivity index (χ1v) is 4.41. The second-order valence-corrected chi connectivity index (χ2v) is 3.35. The average Bonchev–Trinajstić information content (AvgIpc) is 2.34. The topological polar surface area (TPSA) is 67.4 Å². The van der Waals surface area contributed by atoms with Crippen LogP contribution in [0.4, 0.5) is 0 Å². The summed E-state index contributed by atoms with van der Waals surface area (Å²) in [5.74, 6) is -0.268. The van der Waals surface area contributed by atoms with Crippen molar-refractivity contribution in [2.75, 3.05) is 0 Å². The van der Waals surface area contributed by atoms with Gasteiger partial charge in [0, 0.05) is 5.70 Å². The quantitative estimate of drug-likeness (QED) is 0.621. The summed E-state index contributed by atoms with van der Waals surface area (Å²) in [5, 5.41) is 2.91. The zero-order valence-corrected chi connectivity index (χ0v) is 8.46. The molecule has 1 rings (SSSR count). The van der Waals surface area contributed by atoms with Gasteiger partial charge in [-0.1, -0.05) is 0 Å². The first-order valence-electron chi connectivity index (χ1n) is 4.41. The predicted molar refractivity (Wildman–Crippen MR) is 50.1 cm³/mol. The van der Waals surface area contributed by atoms with Crippen molar-refractivity contribution in [3.05, 3.63) is 11.8 Å². The van der Waals surface area contributed by atoms with Crippen molar-refractivity contribution < 1.29 is 14.4 Å². The zero-order chi connectivity index (χ0) is 10.7. The molecule has 1 heterocycles. The Morgan fingerprint density at radius 3 is 2.64 bits per heavy atom. The van der Waals surface area contributed by atoms with Crippen molar-refractivity contribution >= 4 is 11.7 Å². The van der Waals surface area contributed by atoms with Crippen LogP contribution in [0, 0.1) is 0 Å². The van der Waals surface area contributed by atoms with Gasteiger partial charge < -0.3 is 5.32 Å². The fourth-order valence-corrected chi connectivity index (χ4v) is 1.27. The molecule has 2 atom stereocenters. The van der Waals surface area contributed by atoms with Crippen LogP contribution in [0.2, 0.25) is 0 Å². The number of amides is 1. The molecule has 5 heteroatoms. The van der Waals surface area contributed by atoms with E-state index < -0.39 is 6.04 Å². The standard InChI is InChI=1S/C9H14N2O3/c1-5(4-6(2)12)10-8-7(3)14-11-9(8)13/h4,7-8,10H,1-3H3,(H,11,13). The van der Waals surface area contributed by atoms with Gasteiger partial charge in [-0.25, -0.2) is 5.48 Å². The van der Waals surface area contributed by atoms with E-state index >= 15 is 0 Å².